The first-order valence-electron chi connectivity index (χ1n) is 3.99. The normalized spacial score (nSPS) is 18.1. The van der Waals surface area contributed by atoms with Gasteiger partial charge in [-0.05, 0) is 0 Å². The van der Waals surface area contributed by atoms with Crippen molar-refractivity contribution in [1.82, 2.24) is 0 Å². The molecule has 16 nitrogen and oxygen atoms in total. The van der Waals surface area contributed by atoms with Crippen molar-refractivity contribution in [1.29, 1.82) is 0 Å². The van der Waals surface area contributed by atoms with Crippen LogP contribution in [0.2, 0.25) is 0 Å². The summed E-state index contributed by atoms with van der Waals surface area (Å²) in [7, 11) is -41.2. The molecule has 0 heterocycles. The first-order valence-corrected chi connectivity index (χ1v) is 14.3. The van der Waals surface area contributed by atoms with Crippen LogP contribution in [0.1, 0.15) is 0 Å². The van der Waals surface area contributed by atoms with Crippen LogP contribution < -0.4 is 0 Å². The van der Waals surface area contributed by atoms with Gasteiger partial charge in [0.2, 0.25) is 0 Å². The maximum Gasteiger partial charge on any atom is 0.448 e. The Morgan fingerprint density at radius 3 is 0.913 bits per heavy atom. The Hall–Kier alpha value is -1.07. The van der Waals surface area contributed by atoms with Gasteiger partial charge in [-0.25, -0.2) is 9.59 Å². The van der Waals surface area contributed by atoms with E-state index in [9.17, 15) is 43.3 Å². The smallest absolute Gasteiger partial charge is 0.448 e. The summed E-state index contributed by atoms with van der Waals surface area (Å²) in [6, 6.07) is 0. The summed E-state index contributed by atoms with van der Waals surface area (Å²) in [4.78, 5) is 21.3. The highest BCUT2D eigenvalue weighted by Crippen LogP contribution is 2.50. The molecule has 0 radical (unpaired) electrons. The minimum atomic E-state index is -9.09. The summed E-state index contributed by atoms with van der Waals surface area (Å²) in [5, 5.41) is 8.68. The summed E-state index contributed by atoms with van der Waals surface area (Å²) in [6.45, 7) is 0. The Bertz CT molecular complexity index is 966. The molecule has 0 aromatic carbocycles. The molecule has 0 atom stereocenters. The maximum atomic E-state index is 11.7. The quantitative estimate of drug-likeness (QED) is 0.197. The summed E-state index contributed by atoms with van der Waals surface area (Å²) in [5.41, 5.74) is 0. The lowest BCUT2D eigenvalue weighted by Crippen LogP contribution is -2.65. The standard InChI is InChI=1S/C2H6O16S5/c3-1(4)22(15,16,19(7,8)9)21(13,14)23(17,18,2(5)6)20(10,11)12/h(H,3,4)(H,5,6)(H,15,16)(H,17,18)(H,7,8,9)(H,10,11,12). The number of hydrogen-bond donors (Lipinski definition) is 6. The van der Waals surface area contributed by atoms with E-state index in [1.165, 1.54) is 0 Å². The van der Waals surface area contributed by atoms with E-state index in [-0.39, 0.29) is 0 Å². The van der Waals surface area contributed by atoms with Crippen molar-refractivity contribution in [2.24, 2.45) is 0 Å². The molecular weight excluding hydrogens is 440 g/mol. The average molecular weight is 446 g/mol. The van der Waals surface area contributed by atoms with Crippen LogP contribution in [0.25, 0.3) is 0 Å². The molecule has 0 bridgehead atoms. The van der Waals surface area contributed by atoms with Gasteiger partial charge in [-0.3, -0.25) is 18.2 Å². The average Bonchev–Trinajstić information content (AvgIpc) is 2.24. The van der Waals surface area contributed by atoms with Crippen LogP contribution in [0.3, 0.4) is 0 Å². The van der Waals surface area contributed by atoms with Gasteiger partial charge in [0.25, 0.3) is 0 Å². The van der Waals surface area contributed by atoms with Crippen LogP contribution >= 0.6 is 0 Å². The molecule has 0 aliphatic carbocycles. The fourth-order valence-corrected chi connectivity index (χ4v) is 25.9. The predicted octanol–water partition coefficient (Wildman–Crippen LogP) is -2.22. The highest BCUT2D eigenvalue weighted by atomic mass is 33.9. The topological polar surface area (TPSA) is 292 Å². The van der Waals surface area contributed by atoms with Crippen molar-refractivity contribution in [3.05, 3.63) is 0 Å². The molecule has 0 rings (SSSR count). The number of carboxylic acid groups (broad SMARTS) is 2. The van der Waals surface area contributed by atoms with Crippen molar-refractivity contribution >= 4 is 51.6 Å². The van der Waals surface area contributed by atoms with Crippen LogP contribution in [0.15, 0.2) is 0 Å². The SMILES string of the molecule is O=C(O)S(=O)(O)(S(=O)(=O)O)S(=O)(=O)S(=O)(O)(C(=O)O)S(=O)(=O)O. The second-order valence-electron chi connectivity index (χ2n) is 3.33. The second-order valence-corrected chi connectivity index (χ2v) is 24.1. The van der Waals surface area contributed by atoms with Gasteiger partial charge in [-0.15, -0.1) is 0 Å². The molecule has 21 heteroatoms. The maximum absolute atomic E-state index is 11.7. The van der Waals surface area contributed by atoms with E-state index in [2.05, 4.69) is 0 Å². The zero-order valence-electron chi connectivity index (χ0n) is 9.81. The van der Waals surface area contributed by atoms with E-state index >= 15 is 0 Å². The van der Waals surface area contributed by atoms with E-state index in [0.29, 0.717) is 0 Å². The number of rotatable bonds is 4. The molecule has 0 aliphatic heterocycles. The summed E-state index contributed by atoms with van der Waals surface area (Å²) < 4.78 is 125. The minimum absolute atomic E-state index is 4.01. The van der Waals surface area contributed by atoms with Crippen molar-refractivity contribution < 1.29 is 71.7 Å². The van der Waals surface area contributed by atoms with E-state index in [1.54, 1.807) is 0 Å². The monoisotopic (exact) mass is 446 g/mol. The Morgan fingerprint density at radius 2 is 0.826 bits per heavy atom. The Labute approximate surface area is 123 Å². The van der Waals surface area contributed by atoms with Gasteiger partial charge < -0.3 is 10.2 Å². The molecular formula is C2H6O16S5. The first-order chi connectivity index (χ1) is 9.51. The molecule has 0 unspecified atom stereocenters. The molecule has 0 saturated carbocycles. The summed E-state index contributed by atoms with van der Waals surface area (Å²) in [5.74, 6) is 0. The molecule has 0 aliphatic rings. The molecule has 0 aromatic heterocycles. The van der Waals surface area contributed by atoms with Gasteiger partial charge in [0.15, 0.2) is 0 Å². The Kier molecular flexibility index (Phi) is 4.30. The van der Waals surface area contributed by atoms with E-state index in [1.807, 2.05) is 0 Å². The second kappa shape index (κ2) is 4.51. The number of hydrogen-bond acceptors (Lipinski definition) is 10. The van der Waals surface area contributed by atoms with Crippen molar-refractivity contribution in [2.45, 2.75) is 0 Å². The highest BCUT2D eigenvalue weighted by Gasteiger charge is 2.76. The van der Waals surface area contributed by atoms with Crippen LogP contribution in [-0.2, 0) is 41.0 Å². The van der Waals surface area contributed by atoms with Gasteiger partial charge in [0, 0.05) is 0 Å². The zero-order chi connectivity index (χ0) is 19.5. The van der Waals surface area contributed by atoms with Crippen molar-refractivity contribution in [2.75, 3.05) is 0 Å². The lowest BCUT2D eigenvalue weighted by molar-refractivity contribution is 0.217. The largest absolute Gasteiger partial charge is 0.465 e. The summed E-state index contributed by atoms with van der Waals surface area (Å²) >= 11 is 0. The third-order valence-corrected chi connectivity index (χ3v) is 29.0. The lowest BCUT2D eigenvalue weighted by Gasteiger charge is -2.42. The van der Waals surface area contributed by atoms with Gasteiger partial charge in [-0.1, -0.05) is 0 Å². The first kappa shape index (κ1) is 21.9. The molecule has 6 N–H and O–H groups in total. The van der Waals surface area contributed by atoms with Gasteiger partial charge >= 0.3 is 36.8 Å². The summed E-state index contributed by atoms with van der Waals surface area (Å²) in [6.07, 6.45) is 0. The van der Waals surface area contributed by atoms with Gasteiger partial charge in [-0.2, -0.15) is 33.7 Å². The van der Waals surface area contributed by atoms with Crippen LogP contribution in [0.5, 0.6) is 0 Å². The zero-order valence-corrected chi connectivity index (χ0v) is 13.9. The van der Waals surface area contributed by atoms with E-state index < -0.39 is 51.6 Å². The molecule has 0 amide bonds. The fraction of sp³-hybridized carbons (Fsp3) is 0. The van der Waals surface area contributed by atoms with Gasteiger partial charge in [0.1, 0.15) is 14.8 Å². The minimum Gasteiger partial charge on any atom is -0.465 e. The molecule has 0 saturated heterocycles. The third-order valence-electron chi connectivity index (χ3n) is 2.05. The fourth-order valence-electron chi connectivity index (χ4n) is 0.777. The molecule has 140 valence electrons. The Balaban J connectivity index is 8.12. The Morgan fingerprint density at radius 1 is 0.652 bits per heavy atom. The van der Waals surface area contributed by atoms with Crippen LogP contribution in [0.4, 0.5) is 9.59 Å². The van der Waals surface area contributed by atoms with Crippen molar-refractivity contribution in [3.8, 4) is 0 Å². The molecule has 0 spiro atoms. The van der Waals surface area contributed by atoms with E-state index in [0.717, 1.165) is 0 Å². The molecule has 0 aromatic rings. The predicted molar refractivity (Wildman–Crippen MR) is 69.6 cm³/mol. The lowest BCUT2D eigenvalue weighted by atomic mass is 11.6. The highest BCUT2D eigenvalue weighted by molar-refractivity contribution is 9.39. The van der Waals surface area contributed by atoms with Crippen molar-refractivity contribution in [3.63, 3.8) is 0 Å². The third kappa shape index (κ3) is 1.89. The number of carbonyl (C=O) groups is 2. The molecule has 23 heavy (non-hydrogen) atoms. The van der Waals surface area contributed by atoms with Crippen LogP contribution in [-0.4, -0.2) is 72.7 Å². The van der Waals surface area contributed by atoms with Crippen LogP contribution in [0, 0.1) is 0 Å². The van der Waals surface area contributed by atoms with Gasteiger partial charge in [0.05, 0.1) is 0 Å². The van der Waals surface area contributed by atoms with E-state index in [4.69, 9.17) is 28.4 Å². The molecule has 0 fully saturated rings.